The van der Waals surface area contributed by atoms with E-state index >= 15 is 0 Å². The molecule has 1 heterocycles. The predicted molar refractivity (Wildman–Crippen MR) is 91.3 cm³/mol. The third-order valence-corrected chi connectivity index (χ3v) is 5.29. The fourth-order valence-electron chi connectivity index (χ4n) is 4.08. The Balaban J connectivity index is 1.50. The summed E-state index contributed by atoms with van der Waals surface area (Å²) in [5.41, 5.74) is 1.36. The van der Waals surface area contributed by atoms with Gasteiger partial charge in [0.25, 0.3) is 0 Å². The molecule has 122 valence electrons. The Bertz CT molecular complexity index is 476. The zero-order valence-corrected chi connectivity index (χ0v) is 14.1. The molecule has 3 heteroatoms. The molecule has 2 atom stereocenters. The molecular weight excluding hydrogens is 272 g/mol. The van der Waals surface area contributed by atoms with Crippen LogP contribution in [0.15, 0.2) is 24.3 Å². The van der Waals surface area contributed by atoms with Crippen molar-refractivity contribution in [2.45, 2.75) is 45.7 Å². The number of ether oxygens (including phenoxy) is 1. The second-order valence-corrected chi connectivity index (χ2v) is 6.78. The second-order valence-electron chi connectivity index (χ2n) is 6.78. The number of rotatable bonds is 8. The monoisotopic (exact) mass is 302 g/mol. The molecule has 2 aliphatic rings. The minimum atomic E-state index is 0.735. The molecule has 1 aromatic rings. The first-order valence-corrected chi connectivity index (χ1v) is 8.96. The van der Waals surface area contributed by atoms with Gasteiger partial charge in [0.1, 0.15) is 5.75 Å². The maximum Gasteiger partial charge on any atom is 0.119 e. The van der Waals surface area contributed by atoms with Crippen molar-refractivity contribution in [3.8, 4) is 5.75 Å². The number of benzene rings is 1. The van der Waals surface area contributed by atoms with Crippen LogP contribution in [0.5, 0.6) is 5.75 Å². The van der Waals surface area contributed by atoms with Crippen molar-refractivity contribution in [3.05, 3.63) is 29.8 Å². The van der Waals surface area contributed by atoms with Crippen molar-refractivity contribution in [3.63, 3.8) is 0 Å². The highest BCUT2D eigenvalue weighted by Gasteiger charge is 2.37. The number of fused-ring (bicyclic) bond motifs is 2. The average molecular weight is 302 g/mol. The summed E-state index contributed by atoms with van der Waals surface area (Å²) in [6.45, 7) is 10.9. The van der Waals surface area contributed by atoms with Gasteiger partial charge in [-0.05, 0) is 56.3 Å². The molecule has 0 unspecified atom stereocenters. The SMILES string of the molecule is CCOc1cccc(CN(CC)CCN2C[C@H]3CC[C@@H]2C3)c1. The Kier molecular flexibility index (Phi) is 5.37. The van der Waals surface area contributed by atoms with E-state index in [1.54, 1.807) is 0 Å². The average Bonchev–Trinajstić information content (AvgIpc) is 3.15. The van der Waals surface area contributed by atoms with E-state index in [4.69, 9.17) is 4.74 Å². The fourth-order valence-corrected chi connectivity index (χ4v) is 4.08. The molecule has 0 spiro atoms. The van der Waals surface area contributed by atoms with Crippen LogP contribution in [-0.4, -0.2) is 48.6 Å². The largest absolute Gasteiger partial charge is 0.494 e. The Labute approximate surface area is 135 Å². The van der Waals surface area contributed by atoms with E-state index in [-0.39, 0.29) is 0 Å². The molecular formula is C19H30N2O. The summed E-state index contributed by atoms with van der Waals surface area (Å²) in [5.74, 6) is 2.00. The molecule has 1 aliphatic carbocycles. The van der Waals surface area contributed by atoms with E-state index in [1.807, 2.05) is 13.0 Å². The summed E-state index contributed by atoms with van der Waals surface area (Å²) in [5, 5.41) is 0. The lowest BCUT2D eigenvalue weighted by Crippen LogP contribution is -2.39. The molecule has 1 saturated heterocycles. The molecule has 0 radical (unpaired) electrons. The number of likely N-dealkylation sites (N-methyl/N-ethyl adjacent to an activating group) is 1. The zero-order chi connectivity index (χ0) is 15.4. The van der Waals surface area contributed by atoms with E-state index in [1.165, 1.54) is 44.5 Å². The van der Waals surface area contributed by atoms with E-state index in [9.17, 15) is 0 Å². The molecule has 3 nitrogen and oxygen atoms in total. The first-order chi connectivity index (χ1) is 10.8. The van der Waals surface area contributed by atoms with Gasteiger partial charge in [-0.25, -0.2) is 0 Å². The van der Waals surface area contributed by atoms with Crippen LogP contribution in [0.2, 0.25) is 0 Å². The number of piperidine rings is 1. The van der Waals surface area contributed by atoms with Crippen molar-refractivity contribution >= 4 is 0 Å². The molecule has 2 fully saturated rings. The maximum absolute atomic E-state index is 5.61. The van der Waals surface area contributed by atoms with Gasteiger partial charge in [0.15, 0.2) is 0 Å². The molecule has 22 heavy (non-hydrogen) atoms. The molecule has 1 aliphatic heterocycles. The van der Waals surface area contributed by atoms with Crippen LogP contribution in [0.3, 0.4) is 0 Å². The molecule has 0 amide bonds. The summed E-state index contributed by atoms with van der Waals surface area (Å²) < 4.78 is 5.61. The lowest BCUT2D eigenvalue weighted by Gasteiger charge is -2.30. The van der Waals surface area contributed by atoms with Crippen molar-refractivity contribution < 1.29 is 4.74 Å². The van der Waals surface area contributed by atoms with Crippen molar-refractivity contribution in [1.82, 2.24) is 9.80 Å². The Hall–Kier alpha value is -1.06. The highest BCUT2D eigenvalue weighted by molar-refractivity contribution is 5.28. The van der Waals surface area contributed by atoms with Gasteiger partial charge < -0.3 is 4.74 Å². The lowest BCUT2D eigenvalue weighted by molar-refractivity contribution is 0.171. The molecule has 2 bridgehead atoms. The highest BCUT2D eigenvalue weighted by atomic mass is 16.5. The lowest BCUT2D eigenvalue weighted by atomic mass is 10.1. The number of likely N-dealkylation sites (tertiary alicyclic amines) is 1. The molecule has 0 N–H and O–H groups in total. The van der Waals surface area contributed by atoms with Crippen LogP contribution in [0.4, 0.5) is 0 Å². The van der Waals surface area contributed by atoms with E-state index < -0.39 is 0 Å². The Morgan fingerprint density at radius 3 is 2.86 bits per heavy atom. The third kappa shape index (κ3) is 3.82. The van der Waals surface area contributed by atoms with E-state index in [2.05, 4.69) is 34.9 Å². The van der Waals surface area contributed by atoms with Crippen molar-refractivity contribution in [2.75, 3.05) is 32.8 Å². The molecule has 3 rings (SSSR count). The van der Waals surface area contributed by atoms with Crippen molar-refractivity contribution in [2.24, 2.45) is 5.92 Å². The summed E-state index contributed by atoms with van der Waals surface area (Å²) >= 11 is 0. The van der Waals surface area contributed by atoms with Crippen LogP contribution in [0.1, 0.15) is 38.7 Å². The number of hydrogen-bond acceptors (Lipinski definition) is 3. The second kappa shape index (κ2) is 7.47. The van der Waals surface area contributed by atoms with Gasteiger partial charge >= 0.3 is 0 Å². The van der Waals surface area contributed by atoms with Gasteiger partial charge in [-0.2, -0.15) is 0 Å². The summed E-state index contributed by atoms with van der Waals surface area (Å²) in [6, 6.07) is 9.44. The Morgan fingerprint density at radius 2 is 2.18 bits per heavy atom. The van der Waals surface area contributed by atoms with Gasteiger partial charge in [-0.1, -0.05) is 19.1 Å². The van der Waals surface area contributed by atoms with Gasteiger partial charge in [-0.15, -0.1) is 0 Å². The van der Waals surface area contributed by atoms with E-state index in [0.29, 0.717) is 0 Å². The van der Waals surface area contributed by atoms with Crippen LogP contribution in [0.25, 0.3) is 0 Å². The fraction of sp³-hybridized carbons (Fsp3) is 0.684. The predicted octanol–water partition coefficient (Wildman–Crippen LogP) is 3.39. The summed E-state index contributed by atoms with van der Waals surface area (Å²) in [6.07, 6.45) is 4.37. The summed E-state index contributed by atoms with van der Waals surface area (Å²) in [7, 11) is 0. The highest BCUT2D eigenvalue weighted by Crippen LogP contribution is 2.36. The van der Waals surface area contributed by atoms with Crippen LogP contribution >= 0.6 is 0 Å². The molecule has 1 aromatic carbocycles. The van der Waals surface area contributed by atoms with Gasteiger partial charge in [0.05, 0.1) is 6.61 Å². The minimum absolute atomic E-state index is 0.735. The summed E-state index contributed by atoms with van der Waals surface area (Å²) in [4.78, 5) is 5.28. The first kappa shape index (κ1) is 15.8. The number of hydrogen-bond donors (Lipinski definition) is 0. The van der Waals surface area contributed by atoms with Crippen LogP contribution in [-0.2, 0) is 6.54 Å². The third-order valence-electron chi connectivity index (χ3n) is 5.29. The van der Waals surface area contributed by atoms with Gasteiger partial charge in [-0.3, -0.25) is 9.80 Å². The maximum atomic E-state index is 5.61. The normalized spacial score (nSPS) is 24.3. The molecule has 0 aromatic heterocycles. The molecule has 1 saturated carbocycles. The van der Waals surface area contributed by atoms with Gasteiger partial charge in [0, 0.05) is 32.2 Å². The van der Waals surface area contributed by atoms with E-state index in [0.717, 1.165) is 37.4 Å². The van der Waals surface area contributed by atoms with Crippen LogP contribution < -0.4 is 4.74 Å². The standard InChI is InChI=1S/C19H30N2O/c1-3-20(10-11-21-15-17-8-9-18(21)12-17)14-16-6-5-7-19(13-16)22-4-2/h5-7,13,17-18H,3-4,8-12,14-15H2,1-2H3/t17-,18+/m0/s1. The quantitative estimate of drug-likeness (QED) is 0.732. The topological polar surface area (TPSA) is 15.7 Å². The van der Waals surface area contributed by atoms with Crippen molar-refractivity contribution in [1.29, 1.82) is 0 Å². The minimum Gasteiger partial charge on any atom is -0.494 e. The first-order valence-electron chi connectivity index (χ1n) is 8.96. The number of nitrogens with zero attached hydrogens (tertiary/aromatic N) is 2. The smallest absolute Gasteiger partial charge is 0.119 e. The zero-order valence-electron chi connectivity index (χ0n) is 14.1. The van der Waals surface area contributed by atoms with Crippen LogP contribution in [0, 0.1) is 5.92 Å². The van der Waals surface area contributed by atoms with Gasteiger partial charge in [0.2, 0.25) is 0 Å². The Morgan fingerprint density at radius 1 is 1.27 bits per heavy atom.